The number of anilines is 3. The van der Waals surface area contributed by atoms with Gasteiger partial charge in [0, 0.05) is 65.0 Å². The lowest BCUT2D eigenvalue weighted by atomic mass is 10.3. The molecule has 0 aromatic carbocycles. The van der Waals surface area contributed by atoms with Gasteiger partial charge in [-0.05, 0) is 12.1 Å². The molecule has 0 saturated carbocycles. The molecule has 0 aliphatic carbocycles. The standard InChI is InChI=1S/C19H28N8O2/c1-29-19-14-18(20-15-21-19)27-10-8-26(9-11-27)17-3-2-16(22-23-17)25-6-4-24(5-7-25)12-13-28/h2-3,14-15,28H,4-13H2,1H3. The van der Waals surface area contributed by atoms with Crippen molar-refractivity contribution in [2.45, 2.75) is 0 Å². The first-order valence-electron chi connectivity index (χ1n) is 10.0. The maximum Gasteiger partial charge on any atom is 0.218 e. The molecule has 0 spiro atoms. The maximum atomic E-state index is 9.06. The van der Waals surface area contributed by atoms with E-state index in [9.17, 15) is 0 Å². The van der Waals surface area contributed by atoms with Crippen molar-refractivity contribution in [2.75, 3.05) is 87.3 Å². The molecular weight excluding hydrogens is 372 g/mol. The second-order valence-corrected chi connectivity index (χ2v) is 7.19. The summed E-state index contributed by atoms with van der Waals surface area (Å²) < 4.78 is 5.19. The highest BCUT2D eigenvalue weighted by molar-refractivity contribution is 5.48. The number of aromatic nitrogens is 4. The topological polar surface area (TPSA) is 94.0 Å². The lowest BCUT2D eigenvalue weighted by Gasteiger charge is -2.36. The molecule has 1 N–H and O–H groups in total. The number of aliphatic hydroxyl groups excluding tert-OH is 1. The van der Waals surface area contributed by atoms with E-state index in [4.69, 9.17) is 9.84 Å². The van der Waals surface area contributed by atoms with Crippen molar-refractivity contribution >= 4 is 17.5 Å². The molecule has 10 heteroatoms. The van der Waals surface area contributed by atoms with Crippen LogP contribution in [0.25, 0.3) is 0 Å². The lowest BCUT2D eigenvalue weighted by Crippen LogP contribution is -2.48. The Morgan fingerprint density at radius 2 is 1.38 bits per heavy atom. The monoisotopic (exact) mass is 400 g/mol. The quantitative estimate of drug-likeness (QED) is 0.697. The molecule has 0 unspecified atom stereocenters. The van der Waals surface area contributed by atoms with Crippen LogP contribution >= 0.6 is 0 Å². The minimum Gasteiger partial charge on any atom is -0.481 e. The van der Waals surface area contributed by atoms with Crippen molar-refractivity contribution in [3.8, 4) is 5.88 Å². The van der Waals surface area contributed by atoms with Crippen LogP contribution in [0.3, 0.4) is 0 Å². The van der Waals surface area contributed by atoms with Gasteiger partial charge in [-0.1, -0.05) is 0 Å². The van der Waals surface area contributed by atoms with Gasteiger partial charge in [-0.2, -0.15) is 0 Å². The maximum absolute atomic E-state index is 9.06. The van der Waals surface area contributed by atoms with Gasteiger partial charge in [-0.25, -0.2) is 9.97 Å². The van der Waals surface area contributed by atoms with E-state index >= 15 is 0 Å². The van der Waals surface area contributed by atoms with E-state index in [2.05, 4.69) is 51.9 Å². The fourth-order valence-corrected chi connectivity index (χ4v) is 3.78. The molecule has 2 aromatic rings. The van der Waals surface area contributed by atoms with Gasteiger partial charge in [-0.15, -0.1) is 10.2 Å². The van der Waals surface area contributed by atoms with Crippen LogP contribution in [0.1, 0.15) is 0 Å². The molecule has 4 rings (SSSR count). The van der Waals surface area contributed by atoms with Gasteiger partial charge in [0.25, 0.3) is 0 Å². The number of β-amino-alcohol motifs (C(OH)–C–C–N with tert-alkyl or cyclic N) is 1. The zero-order valence-electron chi connectivity index (χ0n) is 16.8. The van der Waals surface area contributed by atoms with Crippen LogP contribution in [-0.2, 0) is 0 Å². The minimum absolute atomic E-state index is 0.215. The third kappa shape index (κ3) is 4.65. The highest BCUT2D eigenvalue weighted by Gasteiger charge is 2.21. The number of aliphatic hydroxyl groups is 1. The third-order valence-electron chi connectivity index (χ3n) is 5.51. The Morgan fingerprint density at radius 3 is 1.90 bits per heavy atom. The second-order valence-electron chi connectivity index (χ2n) is 7.19. The lowest BCUT2D eigenvalue weighted by molar-refractivity contribution is 0.188. The predicted octanol–water partition coefficient (Wildman–Crippen LogP) is -0.284. The molecule has 0 amide bonds. The fourth-order valence-electron chi connectivity index (χ4n) is 3.78. The van der Waals surface area contributed by atoms with Crippen molar-refractivity contribution in [3.05, 3.63) is 24.5 Å². The number of piperazine rings is 2. The number of hydrogen-bond acceptors (Lipinski definition) is 10. The molecule has 10 nitrogen and oxygen atoms in total. The van der Waals surface area contributed by atoms with E-state index in [1.54, 1.807) is 7.11 Å². The molecule has 2 aromatic heterocycles. The van der Waals surface area contributed by atoms with Gasteiger partial charge in [0.1, 0.15) is 12.1 Å². The van der Waals surface area contributed by atoms with Crippen molar-refractivity contribution in [1.29, 1.82) is 0 Å². The summed E-state index contributed by atoms with van der Waals surface area (Å²) >= 11 is 0. The van der Waals surface area contributed by atoms with Crippen molar-refractivity contribution in [1.82, 2.24) is 25.1 Å². The largest absolute Gasteiger partial charge is 0.481 e. The average Bonchev–Trinajstić information content (AvgIpc) is 2.80. The summed E-state index contributed by atoms with van der Waals surface area (Å²) in [7, 11) is 1.61. The van der Waals surface area contributed by atoms with Crippen LogP contribution in [0.4, 0.5) is 17.5 Å². The molecule has 2 saturated heterocycles. The van der Waals surface area contributed by atoms with Crippen molar-refractivity contribution in [3.63, 3.8) is 0 Å². The summed E-state index contributed by atoms with van der Waals surface area (Å²) in [6, 6.07) is 5.99. The summed E-state index contributed by atoms with van der Waals surface area (Å²) in [6.07, 6.45) is 1.54. The molecule has 2 aliphatic rings. The minimum atomic E-state index is 0.215. The Bertz CT molecular complexity index is 774. The normalized spacial score (nSPS) is 18.2. The van der Waals surface area contributed by atoms with Gasteiger partial charge in [-0.3, -0.25) is 4.90 Å². The van der Waals surface area contributed by atoms with Crippen molar-refractivity contribution in [2.24, 2.45) is 0 Å². The van der Waals surface area contributed by atoms with E-state index < -0.39 is 0 Å². The molecule has 0 bridgehead atoms. The highest BCUT2D eigenvalue weighted by Crippen LogP contribution is 2.21. The Balaban J connectivity index is 1.31. The molecule has 2 fully saturated rings. The fraction of sp³-hybridized carbons (Fsp3) is 0.579. The van der Waals surface area contributed by atoms with Crippen LogP contribution in [-0.4, -0.2) is 103 Å². The second kappa shape index (κ2) is 9.19. The van der Waals surface area contributed by atoms with Gasteiger partial charge < -0.3 is 24.5 Å². The number of hydrogen-bond donors (Lipinski definition) is 1. The van der Waals surface area contributed by atoms with Crippen LogP contribution < -0.4 is 19.4 Å². The van der Waals surface area contributed by atoms with Gasteiger partial charge in [0.2, 0.25) is 5.88 Å². The zero-order valence-corrected chi connectivity index (χ0v) is 16.8. The predicted molar refractivity (Wildman–Crippen MR) is 111 cm³/mol. The van der Waals surface area contributed by atoms with E-state index in [-0.39, 0.29) is 6.61 Å². The van der Waals surface area contributed by atoms with Crippen LogP contribution in [0, 0.1) is 0 Å². The summed E-state index contributed by atoms with van der Waals surface area (Å²) in [5.41, 5.74) is 0. The first kappa shape index (κ1) is 19.6. The van der Waals surface area contributed by atoms with Crippen LogP contribution in [0.2, 0.25) is 0 Å². The SMILES string of the molecule is COc1cc(N2CCN(c3ccc(N4CCN(CCO)CC4)nn3)CC2)ncn1. The molecule has 156 valence electrons. The number of methoxy groups -OCH3 is 1. The summed E-state index contributed by atoms with van der Waals surface area (Å²) in [5, 5.41) is 18.0. The van der Waals surface area contributed by atoms with Crippen LogP contribution in [0.5, 0.6) is 5.88 Å². The van der Waals surface area contributed by atoms with E-state index in [0.717, 1.165) is 76.4 Å². The van der Waals surface area contributed by atoms with Gasteiger partial charge in [0.15, 0.2) is 11.6 Å². The highest BCUT2D eigenvalue weighted by atomic mass is 16.5. The van der Waals surface area contributed by atoms with Gasteiger partial charge >= 0.3 is 0 Å². The Hall–Kier alpha value is -2.72. The van der Waals surface area contributed by atoms with Crippen LogP contribution in [0.15, 0.2) is 24.5 Å². The molecule has 29 heavy (non-hydrogen) atoms. The Labute approximate surface area is 170 Å². The van der Waals surface area contributed by atoms with E-state index in [1.807, 2.05) is 6.07 Å². The average molecular weight is 400 g/mol. The molecule has 2 aliphatic heterocycles. The third-order valence-corrected chi connectivity index (χ3v) is 5.51. The first-order chi connectivity index (χ1) is 14.3. The van der Waals surface area contributed by atoms with E-state index in [0.29, 0.717) is 5.88 Å². The number of ether oxygens (including phenoxy) is 1. The first-order valence-corrected chi connectivity index (χ1v) is 10.0. The van der Waals surface area contributed by atoms with Crippen molar-refractivity contribution < 1.29 is 9.84 Å². The Kier molecular flexibility index (Phi) is 6.20. The summed E-state index contributed by atoms with van der Waals surface area (Å²) in [6.45, 7) is 8.11. The molecule has 4 heterocycles. The summed E-state index contributed by atoms with van der Waals surface area (Å²) in [5.74, 6) is 3.30. The zero-order chi connectivity index (χ0) is 20.1. The number of nitrogens with zero attached hydrogens (tertiary/aromatic N) is 8. The van der Waals surface area contributed by atoms with E-state index in [1.165, 1.54) is 6.33 Å². The molecule has 0 radical (unpaired) electrons. The van der Waals surface area contributed by atoms with Gasteiger partial charge in [0.05, 0.1) is 13.7 Å². The Morgan fingerprint density at radius 1 is 0.828 bits per heavy atom. The molecule has 0 atom stereocenters. The smallest absolute Gasteiger partial charge is 0.218 e. The summed E-state index contributed by atoms with van der Waals surface area (Å²) in [4.78, 5) is 17.4. The number of rotatable bonds is 6. The molecular formula is C19H28N8O2.